The number of likely N-dealkylation sites (tertiary alicyclic amines) is 1. The second-order valence-corrected chi connectivity index (χ2v) is 7.81. The number of benzene rings is 2. The molecule has 1 aliphatic heterocycles. The van der Waals surface area contributed by atoms with Gasteiger partial charge < -0.3 is 21.3 Å². The van der Waals surface area contributed by atoms with Gasteiger partial charge in [-0.2, -0.15) is 0 Å². The van der Waals surface area contributed by atoms with Crippen LogP contribution in [-0.2, 0) is 9.59 Å². The molecule has 0 bridgehead atoms. The minimum absolute atomic E-state index is 0.248. The zero-order valence-corrected chi connectivity index (χ0v) is 17.8. The Kier molecular flexibility index (Phi) is 6.30. The average molecular weight is 445 g/mol. The van der Waals surface area contributed by atoms with Gasteiger partial charge >= 0.3 is 0 Å². The minimum Gasteiger partial charge on any atom is -0.368 e. The zero-order valence-electron chi connectivity index (χ0n) is 17.8. The van der Waals surface area contributed by atoms with E-state index in [1.54, 1.807) is 42.6 Å². The maximum Gasteiger partial charge on any atom is 0.257 e. The van der Waals surface area contributed by atoms with Crippen molar-refractivity contribution >= 4 is 40.1 Å². The summed E-state index contributed by atoms with van der Waals surface area (Å²) in [5.74, 6) is -1.52. The van der Waals surface area contributed by atoms with Crippen LogP contribution in [0.3, 0.4) is 0 Å². The summed E-state index contributed by atoms with van der Waals surface area (Å²) < 4.78 is 0. The van der Waals surface area contributed by atoms with Crippen molar-refractivity contribution in [2.24, 2.45) is 5.73 Å². The maximum absolute atomic E-state index is 13.1. The van der Waals surface area contributed by atoms with E-state index in [0.29, 0.717) is 36.2 Å². The van der Waals surface area contributed by atoms with Crippen molar-refractivity contribution in [1.82, 2.24) is 15.2 Å². The molecule has 4 rings (SSSR count). The third-order valence-corrected chi connectivity index (χ3v) is 5.52. The molecule has 1 atom stereocenters. The smallest absolute Gasteiger partial charge is 0.257 e. The molecule has 9 nitrogen and oxygen atoms in total. The largest absolute Gasteiger partial charge is 0.368 e. The summed E-state index contributed by atoms with van der Waals surface area (Å²) in [4.78, 5) is 54.3. The van der Waals surface area contributed by atoms with E-state index < -0.39 is 11.9 Å². The van der Waals surface area contributed by atoms with Crippen molar-refractivity contribution in [3.8, 4) is 0 Å². The summed E-state index contributed by atoms with van der Waals surface area (Å²) in [6.07, 6.45) is 4.33. The highest BCUT2D eigenvalue weighted by molar-refractivity contribution is 6.06. The van der Waals surface area contributed by atoms with Crippen molar-refractivity contribution in [3.63, 3.8) is 0 Å². The molecule has 0 radical (unpaired) electrons. The number of nitrogens with two attached hydrogens (primary N) is 1. The third-order valence-electron chi connectivity index (χ3n) is 5.52. The first-order chi connectivity index (χ1) is 15.9. The highest BCUT2D eigenvalue weighted by atomic mass is 16.2. The number of primary amides is 1. The molecule has 0 spiro atoms. The van der Waals surface area contributed by atoms with E-state index in [2.05, 4.69) is 15.6 Å². The number of rotatable bonds is 6. The molecule has 1 aromatic heterocycles. The van der Waals surface area contributed by atoms with Gasteiger partial charge in [-0.25, -0.2) is 0 Å². The zero-order chi connectivity index (χ0) is 23.4. The molecule has 2 heterocycles. The van der Waals surface area contributed by atoms with Crippen LogP contribution in [0, 0.1) is 0 Å². The normalized spacial score (nSPS) is 15.3. The number of nitrogens with one attached hydrogen (secondary N) is 2. The van der Waals surface area contributed by atoms with E-state index in [-0.39, 0.29) is 24.3 Å². The third kappa shape index (κ3) is 4.98. The van der Waals surface area contributed by atoms with Crippen LogP contribution in [0.15, 0.2) is 60.9 Å². The summed E-state index contributed by atoms with van der Waals surface area (Å²) in [5, 5.41) is 7.00. The molecule has 1 fully saturated rings. The fraction of sp³-hybridized carbons (Fsp3) is 0.208. The SMILES string of the molecule is NC(=O)CNC(=O)C1CCCN1C(=O)c1ccc2cc(NC(=O)c3cccnc3)ccc2c1. The van der Waals surface area contributed by atoms with Crippen LogP contribution < -0.4 is 16.4 Å². The Hall–Kier alpha value is -4.27. The van der Waals surface area contributed by atoms with Gasteiger partial charge in [-0.3, -0.25) is 24.2 Å². The highest BCUT2D eigenvalue weighted by Gasteiger charge is 2.34. The van der Waals surface area contributed by atoms with Crippen LogP contribution >= 0.6 is 0 Å². The Labute approximate surface area is 190 Å². The predicted octanol–water partition coefficient (Wildman–Crippen LogP) is 1.69. The van der Waals surface area contributed by atoms with Crippen molar-refractivity contribution in [3.05, 3.63) is 72.1 Å². The summed E-state index contributed by atoms with van der Waals surface area (Å²) in [6, 6.07) is 13.4. The Bertz CT molecular complexity index is 1230. The van der Waals surface area contributed by atoms with E-state index in [4.69, 9.17) is 5.73 Å². The minimum atomic E-state index is -0.634. The van der Waals surface area contributed by atoms with Crippen LogP contribution in [0.5, 0.6) is 0 Å². The van der Waals surface area contributed by atoms with Crippen molar-refractivity contribution in [2.75, 3.05) is 18.4 Å². The van der Waals surface area contributed by atoms with Gasteiger partial charge in [-0.05, 0) is 60.0 Å². The topological polar surface area (TPSA) is 134 Å². The molecule has 33 heavy (non-hydrogen) atoms. The quantitative estimate of drug-likeness (QED) is 0.531. The van der Waals surface area contributed by atoms with Gasteiger partial charge in [0, 0.05) is 30.2 Å². The number of anilines is 1. The van der Waals surface area contributed by atoms with Crippen molar-refractivity contribution in [1.29, 1.82) is 0 Å². The van der Waals surface area contributed by atoms with Gasteiger partial charge in [0.2, 0.25) is 11.8 Å². The van der Waals surface area contributed by atoms with Crippen LogP contribution in [0.2, 0.25) is 0 Å². The summed E-state index contributed by atoms with van der Waals surface area (Å²) in [7, 11) is 0. The second kappa shape index (κ2) is 9.47. The molecule has 9 heteroatoms. The molecule has 3 aromatic rings. The van der Waals surface area contributed by atoms with Crippen molar-refractivity contribution < 1.29 is 19.2 Å². The first kappa shape index (κ1) is 21.9. The van der Waals surface area contributed by atoms with Gasteiger partial charge in [-0.15, -0.1) is 0 Å². The van der Waals surface area contributed by atoms with E-state index in [9.17, 15) is 19.2 Å². The number of aromatic nitrogens is 1. The van der Waals surface area contributed by atoms with E-state index in [0.717, 1.165) is 10.8 Å². The molecular weight excluding hydrogens is 422 g/mol. The van der Waals surface area contributed by atoms with Crippen LogP contribution in [-0.4, -0.2) is 52.6 Å². The van der Waals surface area contributed by atoms with E-state index in [1.807, 2.05) is 12.1 Å². The molecule has 0 saturated carbocycles. The Morgan fingerprint density at radius 1 is 1.03 bits per heavy atom. The van der Waals surface area contributed by atoms with Crippen LogP contribution in [0.1, 0.15) is 33.6 Å². The predicted molar refractivity (Wildman–Crippen MR) is 122 cm³/mol. The lowest BCUT2D eigenvalue weighted by atomic mass is 10.0. The summed E-state index contributed by atoms with van der Waals surface area (Å²) in [5.41, 5.74) is 6.63. The fourth-order valence-electron chi connectivity index (χ4n) is 3.90. The molecule has 4 amide bonds. The first-order valence-electron chi connectivity index (χ1n) is 10.5. The lowest BCUT2D eigenvalue weighted by Gasteiger charge is -2.24. The van der Waals surface area contributed by atoms with Crippen LogP contribution in [0.4, 0.5) is 5.69 Å². The number of hydrogen-bond acceptors (Lipinski definition) is 5. The first-order valence-corrected chi connectivity index (χ1v) is 10.5. The van der Waals surface area contributed by atoms with Gasteiger partial charge in [0.25, 0.3) is 11.8 Å². The Morgan fingerprint density at radius 2 is 1.82 bits per heavy atom. The number of fused-ring (bicyclic) bond motifs is 1. The fourth-order valence-corrected chi connectivity index (χ4v) is 3.90. The van der Waals surface area contributed by atoms with E-state index >= 15 is 0 Å². The molecule has 2 aromatic carbocycles. The molecule has 1 aliphatic rings. The lowest BCUT2D eigenvalue weighted by molar-refractivity contribution is -0.127. The highest BCUT2D eigenvalue weighted by Crippen LogP contribution is 2.25. The van der Waals surface area contributed by atoms with E-state index in [1.165, 1.54) is 11.1 Å². The number of pyridine rings is 1. The summed E-state index contributed by atoms with van der Waals surface area (Å²) >= 11 is 0. The summed E-state index contributed by atoms with van der Waals surface area (Å²) in [6.45, 7) is 0.206. The Morgan fingerprint density at radius 3 is 2.58 bits per heavy atom. The number of amides is 4. The molecule has 0 aliphatic carbocycles. The van der Waals surface area contributed by atoms with Crippen molar-refractivity contribution in [2.45, 2.75) is 18.9 Å². The molecule has 1 unspecified atom stereocenters. The Balaban J connectivity index is 1.49. The van der Waals surface area contributed by atoms with Gasteiger partial charge in [0.1, 0.15) is 6.04 Å². The average Bonchev–Trinajstić information content (AvgIpc) is 3.32. The molecular formula is C24H23N5O4. The molecule has 168 valence electrons. The number of carbonyl (C=O) groups excluding carboxylic acids is 4. The van der Waals surface area contributed by atoms with Gasteiger partial charge in [-0.1, -0.05) is 12.1 Å². The monoisotopic (exact) mass is 445 g/mol. The molecule has 4 N–H and O–H groups in total. The number of carbonyl (C=O) groups is 4. The number of nitrogens with zero attached hydrogens (tertiary/aromatic N) is 2. The number of hydrogen-bond donors (Lipinski definition) is 3. The lowest BCUT2D eigenvalue weighted by Crippen LogP contribution is -2.47. The molecule has 1 saturated heterocycles. The second-order valence-electron chi connectivity index (χ2n) is 7.81. The van der Waals surface area contributed by atoms with Gasteiger partial charge in [0.05, 0.1) is 12.1 Å². The standard InChI is InChI=1S/C24H23N5O4/c25-21(30)14-27-23(32)20-4-2-10-29(20)24(33)17-6-5-16-12-19(8-7-15(16)11-17)28-22(31)18-3-1-9-26-13-18/h1,3,5-9,11-13,20H,2,4,10,14H2,(H2,25,30)(H,27,32)(H,28,31). The van der Waals surface area contributed by atoms with Crippen LogP contribution in [0.25, 0.3) is 10.8 Å². The van der Waals surface area contributed by atoms with Gasteiger partial charge in [0.15, 0.2) is 0 Å². The maximum atomic E-state index is 13.1.